The van der Waals surface area contributed by atoms with Crippen LogP contribution in [0.4, 0.5) is 0 Å². The molecule has 1 unspecified atom stereocenters. The molecular formula is C18H23Cl2N3O2. The molecule has 1 aliphatic heterocycles. The third kappa shape index (κ3) is 5.08. The van der Waals surface area contributed by atoms with Gasteiger partial charge in [-0.3, -0.25) is 9.78 Å². The van der Waals surface area contributed by atoms with Crippen molar-refractivity contribution in [3.8, 4) is 5.75 Å². The minimum atomic E-state index is -0.555. The summed E-state index contributed by atoms with van der Waals surface area (Å²) in [6.07, 6.45) is 2.72. The number of halogens is 2. The Morgan fingerprint density at radius 2 is 1.92 bits per heavy atom. The molecule has 1 saturated heterocycles. The number of benzene rings is 1. The third-order valence-corrected chi connectivity index (χ3v) is 4.20. The number of pyridine rings is 1. The lowest BCUT2D eigenvalue weighted by atomic mass is 9.95. The quantitative estimate of drug-likeness (QED) is 0.880. The number of nitrogens with zero attached hydrogens (tertiary/aromatic N) is 2. The van der Waals surface area contributed by atoms with E-state index in [1.807, 2.05) is 18.2 Å². The summed E-state index contributed by atoms with van der Waals surface area (Å²) in [6, 6.07) is 13.6. The van der Waals surface area contributed by atoms with Crippen LogP contribution >= 0.6 is 24.8 Å². The number of aromatic nitrogens is 1. The minimum Gasteiger partial charge on any atom is -0.479 e. The molecule has 0 radical (unpaired) electrons. The van der Waals surface area contributed by atoms with Crippen LogP contribution in [0.2, 0.25) is 0 Å². The Kier molecular flexibility index (Phi) is 8.16. The average Bonchev–Trinajstić information content (AvgIpc) is 2.97. The van der Waals surface area contributed by atoms with Crippen molar-refractivity contribution < 1.29 is 9.53 Å². The molecule has 0 spiro atoms. The molecule has 1 amide bonds. The third-order valence-electron chi connectivity index (χ3n) is 4.20. The van der Waals surface area contributed by atoms with E-state index in [4.69, 9.17) is 10.5 Å². The number of nitrogens with two attached hydrogens (primary N) is 1. The van der Waals surface area contributed by atoms with E-state index >= 15 is 0 Å². The molecule has 5 nitrogen and oxygen atoms in total. The Morgan fingerprint density at radius 1 is 1.20 bits per heavy atom. The summed E-state index contributed by atoms with van der Waals surface area (Å²) in [5.41, 5.74) is 7.42. The molecule has 2 heterocycles. The van der Waals surface area contributed by atoms with Gasteiger partial charge in [0.05, 0.1) is 6.20 Å². The molecule has 1 fully saturated rings. The van der Waals surface area contributed by atoms with Crippen LogP contribution in [-0.4, -0.2) is 41.0 Å². The van der Waals surface area contributed by atoms with Crippen LogP contribution in [0.25, 0.3) is 0 Å². The first kappa shape index (κ1) is 21.2. The largest absolute Gasteiger partial charge is 0.479 e. The molecule has 1 aromatic carbocycles. The fourth-order valence-electron chi connectivity index (χ4n) is 2.99. The fraction of sp³-hybridized carbons (Fsp3) is 0.333. The minimum absolute atomic E-state index is 0. The maximum atomic E-state index is 12.6. The Labute approximate surface area is 160 Å². The zero-order chi connectivity index (χ0) is 16.2. The summed E-state index contributed by atoms with van der Waals surface area (Å²) in [5.74, 6) is 0.727. The van der Waals surface area contributed by atoms with Gasteiger partial charge in [0.15, 0.2) is 6.10 Å². The zero-order valence-corrected chi connectivity index (χ0v) is 15.6. The van der Waals surface area contributed by atoms with Gasteiger partial charge in [0.2, 0.25) is 0 Å². The molecule has 0 bridgehead atoms. The summed E-state index contributed by atoms with van der Waals surface area (Å²) in [6.45, 7) is 2.95. The number of rotatable bonds is 4. The highest BCUT2D eigenvalue weighted by molar-refractivity contribution is 5.85. The van der Waals surface area contributed by atoms with Gasteiger partial charge in [0.1, 0.15) is 5.75 Å². The lowest BCUT2D eigenvalue weighted by Crippen LogP contribution is -2.40. The number of ether oxygens (including phenoxy) is 1. The zero-order valence-electron chi connectivity index (χ0n) is 13.9. The van der Waals surface area contributed by atoms with Gasteiger partial charge in [-0.1, -0.05) is 30.3 Å². The van der Waals surface area contributed by atoms with Crippen LogP contribution < -0.4 is 10.5 Å². The van der Waals surface area contributed by atoms with Crippen molar-refractivity contribution in [2.24, 2.45) is 5.73 Å². The Bertz CT molecular complexity index is 658. The van der Waals surface area contributed by atoms with E-state index in [1.165, 1.54) is 5.56 Å². The van der Waals surface area contributed by atoms with Gasteiger partial charge >= 0.3 is 0 Å². The van der Waals surface area contributed by atoms with Gasteiger partial charge in [-0.05, 0) is 24.6 Å². The van der Waals surface area contributed by atoms with Gasteiger partial charge in [0.25, 0.3) is 5.91 Å². The van der Waals surface area contributed by atoms with Crippen LogP contribution in [0.15, 0.2) is 54.9 Å². The molecule has 136 valence electrons. The normalized spacial score (nSPS) is 20.2. The second-order valence-electron chi connectivity index (χ2n) is 5.87. The second kappa shape index (κ2) is 9.61. The van der Waals surface area contributed by atoms with E-state index in [2.05, 4.69) is 17.1 Å². The van der Waals surface area contributed by atoms with E-state index in [0.717, 1.165) is 0 Å². The van der Waals surface area contributed by atoms with Crippen LogP contribution in [0.5, 0.6) is 5.75 Å². The number of likely N-dealkylation sites (tertiary alicyclic amines) is 1. The molecule has 25 heavy (non-hydrogen) atoms. The molecule has 0 saturated carbocycles. The predicted octanol–water partition coefficient (Wildman–Crippen LogP) is 2.65. The van der Waals surface area contributed by atoms with Crippen LogP contribution in [0, 0.1) is 0 Å². The number of hydrogen-bond acceptors (Lipinski definition) is 4. The highest BCUT2D eigenvalue weighted by Gasteiger charge is 2.35. The standard InChI is InChI=1S/C18H21N3O2.2ClH/c1-13(23-15-8-5-9-20-10-15)18(22)21-11-16(17(19)12-21)14-6-3-2-4-7-14;;/h2-10,13,16-17H,11-12,19H2,1H3;2*1H/t13?,16-,17+;;/m0../s1. The van der Waals surface area contributed by atoms with Gasteiger partial charge in [-0.2, -0.15) is 0 Å². The highest BCUT2D eigenvalue weighted by atomic mass is 35.5. The van der Waals surface area contributed by atoms with Crippen LogP contribution in [-0.2, 0) is 4.79 Å². The van der Waals surface area contributed by atoms with Crippen LogP contribution in [0.3, 0.4) is 0 Å². The molecule has 2 aromatic rings. The maximum Gasteiger partial charge on any atom is 0.263 e. The van der Waals surface area contributed by atoms with Gasteiger partial charge in [0, 0.05) is 31.2 Å². The van der Waals surface area contributed by atoms with Crippen molar-refractivity contribution in [3.05, 3.63) is 60.4 Å². The molecule has 1 aromatic heterocycles. The maximum absolute atomic E-state index is 12.6. The predicted molar refractivity (Wildman–Crippen MR) is 103 cm³/mol. The van der Waals surface area contributed by atoms with E-state index in [0.29, 0.717) is 18.8 Å². The van der Waals surface area contributed by atoms with Gasteiger partial charge in [-0.15, -0.1) is 24.8 Å². The van der Waals surface area contributed by atoms with E-state index in [-0.39, 0.29) is 42.7 Å². The van der Waals surface area contributed by atoms with Crippen molar-refractivity contribution in [2.45, 2.75) is 25.0 Å². The van der Waals surface area contributed by atoms with Crippen molar-refractivity contribution in [2.75, 3.05) is 13.1 Å². The monoisotopic (exact) mass is 383 g/mol. The average molecular weight is 384 g/mol. The van der Waals surface area contributed by atoms with E-state index in [9.17, 15) is 4.79 Å². The van der Waals surface area contributed by atoms with Crippen molar-refractivity contribution in [1.29, 1.82) is 0 Å². The Morgan fingerprint density at radius 3 is 2.56 bits per heavy atom. The molecule has 2 N–H and O–H groups in total. The molecule has 3 atom stereocenters. The first-order valence-corrected chi connectivity index (χ1v) is 7.81. The Balaban J connectivity index is 0.00000156. The summed E-state index contributed by atoms with van der Waals surface area (Å²) in [7, 11) is 0. The van der Waals surface area contributed by atoms with Crippen molar-refractivity contribution >= 4 is 30.7 Å². The number of carbonyl (C=O) groups excluding carboxylic acids is 1. The smallest absolute Gasteiger partial charge is 0.263 e. The highest BCUT2D eigenvalue weighted by Crippen LogP contribution is 2.27. The summed E-state index contributed by atoms with van der Waals surface area (Å²) < 4.78 is 5.67. The summed E-state index contributed by atoms with van der Waals surface area (Å²) in [5, 5.41) is 0. The van der Waals surface area contributed by atoms with E-state index in [1.54, 1.807) is 36.4 Å². The van der Waals surface area contributed by atoms with Crippen molar-refractivity contribution in [1.82, 2.24) is 9.88 Å². The number of carbonyl (C=O) groups is 1. The second-order valence-corrected chi connectivity index (χ2v) is 5.87. The van der Waals surface area contributed by atoms with Crippen LogP contribution in [0.1, 0.15) is 18.4 Å². The lowest BCUT2D eigenvalue weighted by Gasteiger charge is -2.21. The Hall–Kier alpha value is -1.82. The van der Waals surface area contributed by atoms with Gasteiger partial charge < -0.3 is 15.4 Å². The topological polar surface area (TPSA) is 68.5 Å². The summed E-state index contributed by atoms with van der Waals surface area (Å²) >= 11 is 0. The molecule has 0 aliphatic carbocycles. The number of amides is 1. The number of hydrogen-bond donors (Lipinski definition) is 1. The first-order chi connectivity index (χ1) is 11.1. The van der Waals surface area contributed by atoms with Crippen molar-refractivity contribution in [3.63, 3.8) is 0 Å². The fourth-order valence-corrected chi connectivity index (χ4v) is 2.99. The van der Waals surface area contributed by atoms with Gasteiger partial charge in [-0.25, -0.2) is 0 Å². The first-order valence-electron chi connectivity index (χ1n) is 7.81. The summed E-state index contributed by atoms with van der Waals surface area (Å²) in [4.78, 5) is 18.4. The molecular weight excluding hydrogens is 361 g/mol. The molecule has 1 aliphatic rings. The molecule has 3 rings (SSSR count). The van der Waals surface area contributed by atoms with E-state index < -0.39 is 6.10 Å². The molecule has 7 heteroatoms. The lowest BCUT2D eigenvalue weighted by molar-refractivity contribution is -0.136. The SMILES string of the molecule is CC(Oc1cccnc1)C(=O)N1C[C@@H](N)[C@H](c2ccccc2)C1.Cl.Cl.